The number of para-hydroxylation sites is 3. The average molecular weight is 959 g/mol. The third-order valence-electron chi connectivity index (χ3n) is 12.0. The zero-order chi connectivity index (χ0) is 40.1. The Kier molecular flexibility index (Phi) is 10.2. The van der Waals surface area contributed by atoms with Crippen LogP contribution in [0.15, 0.2) is 182 Å². The Bertz CT molecular complexity index is 2960. The molecule has 9 aromatic rings. The average Bonchev–Trinajstić information content (AvgIpc) is 3.83. The fourth-order valence-corrected chi connectivity index (χ4v) is 8.45. The molecule has 0 saturated heterocycles. The topological polar surface area (TPSA) is 33.5 Å². The number of pyridine rings is 1. The van der Waals surface area contributed by atoms with Gasteiger partial charge >= 0.3 is 0 Å². The number of benzene rings is 7. The summed E-state index contributed by atoms with van der Waals surface area (Å²) in [5, 5.41) is 2.22. The van der Waals surface area contributed by atoms with Crippen molar-refractivity contribution < 1.29 is 25.8 Å². The largest absolute Gasteiger partial charge is 0.509 e. The second kappa shape index (κ2) is 15.6. The van der Waals surface area contributed by atoms with Crippen LogP contribution in [0.25, 0.3) is 27.6 Å². The summed E-state index contributed by atoms with van der Waals surface area (Å²) in [7, 11) is 0. The molecular formula is C54H43N4OPt-3. The monoisotopic (exact) mass is 958 g/mol. The number of fused-ring (bicyclic) bond motifs is 4. The number of rotatable bonds is 9. The van der Waals surface area contributed by atoms with Crippen LogP contribution in [0.3, 0.4) is 0 Å². The minimum atomic E-state index is -0.217. The molecule has 0 fully saturated rings. The van der Waals surface area contributed by atoms with Gasteiger partial charge in [-0.3, -0.25) is 0 Å². The smallest absolute Gasteiger partial charge is 0.135 e. The first-order valence-electron chi connectivity index (χ1n) is 20.1. The molecule has 0 radical (unpaired) electrons. The van der Waals surface area contributed by atoms with Crippen LogP contribution in [0, 0.1) is 18.8 Å². The van der Waals surface area contributed by atoms with Gasteiger partial charge in [0.2, 0.25) is 0 Å². The standard InChI is InChI=1S/C54H43N4O.Pt/c1-53(2,38-16-7-5-8-17-38)40-26-28-42(29-27-40)56-37-57(50-25-14-13-24-49(50)56)43-20-15-21-44(35-43)59-45-30-31-47-46-22-11-12-23-48(46)58(51(47)36-45)52-34-41(32-33-55-52)54(3,4)39-18-9-6-10-19-39;/h5-34,37H,1-4H3;/q-3;. The van der Waals surface area contributed by atoms with Gasteiger partial charge in [0, 0.05) is 72.2 Å². The number of hydrogen-bond acceptors (Lipinski definition) is 4. The molecule has 0 atom stereocenters. The van der Waals surface area contributed by atoms with E-state index in [2.05, 4.69) is 219 Å². The van der Waals surface area contributed by atoms with Crippen LogP contribution < -0.4 is 14.5 Å². The molecule has 10 rings (SSSR count). The minimum absolute atomic E-state index is 0. The van der Waals surface area contributed by atoms with Crippen molar-refractivity contribution in [2.75, 3.05) is 9.80 Å². The summed E-state index contributed by atoms with van der Waals surface area (Å²) in [5.41, 5.74) is 10.7. The molecule has 0 N–H and O–H groups in total. The third kappa shape index (κ3) is 6.87. The summed E-state index contributed by atoms with van der Waals surface area (Å²) in [4.78, 5) is 9.32. The van der Waals surface area contributed by atoms with Gasteiger partial charge in [0.05, 0.1) is 0 Å². The second-order valence-corrected chi connectivity index (χ2v) is 16.2. The van der Waals surface area contributed by atoms with Crippen molar-refractivity contribution >= 4 is 44.6 Å². The van der Waals surface area contributed by atoms with E-state index in [1.807, 2.05) is 24.4 Å². The normalized spacial score (nSPS) is 12.7. The van der Waals surface area contributed by atoms with Crippen molar-refractivity contribution in [1.82, 2.24) is 9.55 Å². The maximum atomic E-state index is 6.59. The quantitative estimate of drug-likeness (QED) is 0.135. The van der Waals surface area contributed by atoms with E-state index in [0.717, 1.165) is 50.4 Å². The molecule has 1 aliphatic heterocycles. The third-order valence-corrected chi connectivity index (χ3v) is 12.0. The van der Waals surface area contributed by atoms with Crippen molar-refractivity contribution in [2.24, 2.45) is 0 Å². The van der Waals surface area contributed by atoms with E-state index in [9.17, 15) is 0 Å². The van der Waals surface area contributed by atoms with Gasteiger partial charge in [-0.25, -0.2) is 4.98 Å². The summed E-state index contributed by atoms with van der Waals surface area (Å²) >= 11 is 0. The molecule has 0 spiro atoms. The van der Waals surface area contributed by atoms with E-state index in [4.69, 9.17) is 9.72 Å². The zero-order valence-corrected chi connectivity index (χ0v) is 36.2. The Morgan fingerprint density at radius 1 is 0.517 bits per heavy atom. The molecule has 0 unspecified atom stereocenters. The first-order valence-corrected chi connectivity index (χ1v) is 20.1. The van der Waals surface area contributed by atoms with Crippen LogP contribution in [0.1, 0.15) is 49.9 Å². The number of aromatic nitrogens is 2. The number of hydrogen-bond donors (Lipinski definition) is 0. The fourth-order valence-electron chi connectivity index (χ4n) is 8.45. The Balaban J connectivity index is 0.00000462. The molecule has 0 bridgehead atoms. The number of nitrogens with zero attached hydrogens (tertiary/aromatic N) is 4. The fraction of sp³-hybridized carbons (Fsp3) is 0.111. The van der Waals surface area contributed by atoms with Gasteiger partial charge in [0.1, 0.15) is 5.82 Å². The predicted octanol–water partition coefficient (Wildman–Crippen LogP) is 13.6. The van der Waals surface area contributed by atoms with Crippen molar-refractivity contribution in [2.45, 2.75) is 38.5 Å². The zero-order valence-electron chi connectivity index (χ0n) is 33.9. The van der Waals surface area contributed by atoms with E-state index < -0.39 is 0 Å². The Morgan fingerprint density at radius 3 is 1.83 bits per heavy atom. The predicted molar refractivity (Wildman–Crippen MR) is 241 cm³/mol. The van der Waals surface area contributed by atoms with E-state index in [1.165, 1.54) is 22.3 Å². The molecule has 0 amide bonds. The van der Waals surface area contributed by atoms with Gasteiger partial charge in [-0.1, -0.05) is 136 Å². The van der Waals surface area contributed by atoms with Gasteiger partial charge in [0.15, 0.2) is 0 Å². The van der Waals surface area contributed by atoms with Gasteiger partial charge < -0.3 is 19.1 Å². The summed E-state index contributed by atoms with van der Waals surface area (Å²) < 4.78 is 8.79. The molecule has 0 saturated carbocycles. The van der Waals surface area contributed by atoms with Crippen molar-refractivity contribution in [3.05, 3.63) is 223 Å². The Morgan fingerprint density at radius 2 is 1.12 bits per heavy atom. The minimum Gasteiger partial charge on any atom is -0.509 e. The second-order valence-electron chi connectivity index (χ2n) is 16.2. The van der Waals surface area contributed by atoms with Crippen LogP contribution in [-0.2, 0) is 31.9 Å². The van der Waals surface area contributed by atoms with Gasteiger partial charge in [-0.15, -0.1) is 48.1 Å². The number of ether oxygens (including phenoxy) is 1. The van der Waals surface area contributed by atoms with Gasteiger partial charge in [0.25, 0.3) is 0 Å². The SMILES string of the molecule is CC(C)(c1ccccc1)c1ccc(N2[CH-]N(c3[c-]c(Oc4[c-]c5c(cc4)c4ccccc4n5-c4cc(C(C)(C)c5ccccc5)ccn4)ccc3)c3ccccc32)cc1.[Pt]. The maximum absolute atomic E-state index is 6.59. The summed E-state index contributed by atoms with van der Waals surface area (Å²) in [6.45, 7) is 11.2. The molecule has 1 aliphatic rings. The van der Waals surface area contributed by atoms with E-state index >= 15 is 0 Å². The summed E-state index contributed by atoms with van der Waals surface area (Å²) in [5.74, 6) is 2.03. The van der Waals surface area contributed by atoms with E-state index in [0.29, 0.717) is 11.5 Å². The van der Waals surface area contributed by atoms with Crippen molar-refractivity contribution in [3.63, 3.8) is 0 Å². The molecule has 298 valence electrons. The van der Waals surface area contributed by atoms with Gasteiger partial charge in [-0.2, -0.15) is 12.1 Å². The molecule has 6 heteroatoms. The number of anilines is 4. The first-order chi connectivity index (χ1) is 28.8. The maximum Gasteiger partial charge on any atom is 0.135 e. The molecule has 5 nitrogen and oxygen atoms in total. The molecule has 60 heavy (non-hydrogen) atoms. The van der Waals surface area contributed by atoms with Crippen LogP contribution >= 0.6 is 0 Å². The van der Waals surface area contributed by atoms with Crippen molar-refractivity contribution in [3.8, 4) is 17.3 Å². The molecule has 3 heterocycles. The first kappa shape index (κ1) is 39.1. The van der Waals surface area contributed by atoms with Crippen LogP contribution in [-0.4, -0.2) is 9.55 Å². The molecule has 7 aromatic carbocycles. The molecule has 0 aliphatic carbocycles. The molecular weight excluding hydrogens is 916 g/mol. The summed E-state index contributed by atoms with van der Waals surface area (Å²) in [6.07, 6.45) is 1.91. The molecule has 2 aromatic heterocycles. The van der Waals surface area contributed by atoms with Crippen LogP contribution in [0.4, 0.5) is 22.7 Å². The van der Waals surface area contributed by atoms with Crippen LogP contribution in [0.5, 0.6) is 11.5 Å². The Labute approximate surface area is 366 Å². The van der Waals surface area contributed by atoms with E-state index in [1.54, 1.807) is 0 Å². The van der Waals surface area contributed by atoms with Crippen LogP contribution in [0.2, 0.25) is 0 Å². The summed E-state index contributed by atoms with van der Waals surface area (Å²) in [6, 6.07) is 68.8. The van der Waals surface area contributed by atoms with Gasteiger partial charge in [-0.05, 0) is 70.1 Å². The van der Waals surface area contributed by atoms with Crippen molar-refractivity contribution in [1.29, 1.82) is 0 Å². The van der Waals surface area contributed by atoms with E-state index in [-0.39, 0.29) is 31.9 Å². The Hall–Kier alpha value is -6.42.